The number of carbonyl (C=O) groups excluding carboxylic acids is 1. The van der Waals surface area contributed by atoms with Crippen molar-refractivity contribution in [3.05, 3.63) is 29.6 Å². The van der Waals surface area contributed by atoms with Crippen LogP contribution in [0.25, 0.3) is 0 Å². The van der Waals surface area contributed by atoms with Crippen molar-refractivity contribution < 1.29 is 18.0 Å². The third-order valence-corrected chi connectivity index (χ3v) is 2.87. The molecule has 0 radical (unpaired) electrons. The molecule has 1 aliphatic rings. The highest BCUT2D eigenvalue weighted by atomic mass is 19.2. The smallest absolute Gasteiger partial charge is 0.242 e. The summed E-state index contributed by atoms with van der Waals surface area (Å²) in [5.74, 6) is -3.56. The molecule has 0 bridgehead atoms. The van der Waals surface area contributed by atoms with Crippen LogP contribution in [0.1, 0.15) is 19.3 Å². The SMILES string of the molecule is O=C1NCCCCC1Nc1cc(F)c(F)cc1F. The standard InChI is InChI=1S/C12H13F3N2O/c13-7-5-9(15)11(6-8(7)14)17-10-3-1-2-4-16-12(10)18/h5-6,10,17H,1-4H2,(H,16,18). The van der Waals surface area contributed by atoms with Crippen molar-refractivity contribution in [1.29, 1.82) is 0 Å². The lowest BCUT2D eigenvalue weighted by Crippen LogP contribution is -2.38. The Kier molecular flexibility index (Phi) is 3.74. The lowest BCUT2D eigenvalue weighted by Gasteiger charge is -2.17. The second-order valence-electron chi connectivity index (χ2n) is 4.23. The number of anilines is 1. The molecule has 2 rings (SSSR count). The van der Waals surface area contributed by atoms with E-state index in [1.807, 2.05) is 0 Å². The van der Waals surface area contributed by atoms with Crippen LogP contribution in [0.4, 0.5) is 18.9 Å². The number of rotatable bonds is 2. The zero-order valence-electron chi connectivity index (χ0n) is 9.60. The first-order valence-electron chi connectivity index (χ1n) is 5.76. The summed E-state index contributed by atoms with van der Waals surface area (Å²) in [5.41, 5.74) is -0.198. The van der Waals surface area contributed by atoms with Gasteiger partial charge in [-0.3, -0.25) is 4.79 Å². The molecule has 1 unspecified atom stereocenters. The molecule has 18 heavy (non-hydrogen) atoms. The third kappa shape index (κ3) is 2.75. The molecule has 1 fully saturated rings. The molecule has 1 aromatic rings. The number of amides is 1. The van der Waals surface area contributed by atoms with E-state index in [1.54, 1.807) is 0 Å². The first kappa shape index (κ1) is 12.7. The largest absolute Gasteiger partial charge is 0.371 e. The highest BCUT2D eigenvalue weighted by molar-refractivity contribution is 5.84. The molecule has 1 aliphatic heterocycles. The van der Waals surface area contributed by atoms with Crippen LogP contribution in [0.3, 0.4) is 0 Å². The molecule has 1 amide bonds. The predicted octanol–water partition coefficient (Wildman–Crippen LogP) is 2.18. The summed E-state index contributed by atoms with van der Waals surface area (Å²) in [5, 5.41) is 5.28. The number of nitrogens with one attached hydrogen (secondary N) is 2. The molecule has 0 spiro atoms. The fourth-order valence-electron chi connectivity index (χ4n) is 1.90. The van der Waals surface area contributed by atoms with Crippen LogP contribution in [0.15, 0.2) is 12.1 Å². The molecule has 1 atom stereocenters. The summed E-state index contributed by atoms with van der Waals surface area (Å²) >= 11 is 0. The van der Waals surface area contributed by atoms with Crippen LogP contribution < -0.4 is 10.6 Å². The second-order valence-corrected chi connectivity index (χ2v) is 4.23. The Morgan fingerprint density at radius 3 is 2.61 bits per heavy atom. The summed E-state index contributed by atoms with van der Waals surface area (Å²) in [4.78, 5) is 11.6. The van der Waals surface area contributed by atoms with Crippen LogP contribution in [0.2, 0.25) is 0 Å². The van der Waals surface area contributed by atoms with Crippen LogP contribution in [0.5, 0.6) is 0 Å². The lowest BCUT2D eigenvalue weighted by atomic mass is 10.1. The quantitative estimate of drug-likeness (QED) is 0.798. The van der Waals surface area contributed by atoms with Crippen LogP contribution in [-0.2, 0) is 4.79 Å². The van der Waals surface area contributed by atoms with E-state index in [0.717, 1.165) is 18.9 Å². The minimum absolute atomic E-state index is 0.198. The van der Waals surface area contributed by atoms with E-state index in [4.69, 9.17) is 0 Å². The lowest BCUT2D eigenvalue weighted by molar-refractivity contribution is -0.121. The van der Waals surface area contributed by atoms with Gasteiger partial charge in [0.1, 0.15) is 11.9 Å². The molecule has 2 N–H and O–H groups in total. The van der Waals surface area contributed by atoms with E-state index >= 15 is 0 Å². The maximum atomic E-state index is 13.4. The average molecular weight is 258 g/mol. The van der Waals surface area contributed by atoms with Gasteiger partial charge >= 0.3 is 0 Å². The van der Waals surface area contributed by atoms with E-state index in [9.17, 15) is 18.0 Å². The van der Waals surface area contributed by atoms with Crippen molar-refractivity contribution in [2.45, 2.75) is 25.3 Å². The van der Waals surface area contributed by atoms with Gasteiger partial charge in [0.15, 0.2) is 11.6 Å². The normalized spacial score (nSPS) is 20.2. The number of benzene rings is 1. The van der Waals surface area contributed by atoms with Gasteiger partial charge in [-0.1, -0.05) is 0 Å². The predicted molar refractivity (Wildman–Crippen MR) is 60.6 cm³/mol. The van der Waals surface area contributed by atoms with E-state index in [0.29, 0.717) is 19.0 Å². The fraction of sp³-hybridized carbons (Fsp3) is 0.417. The highest BCUT2D eigenvalue weighted by Crippen LogP contribution is 2.20. The molecule has 0 saturated carbocycles. The molecule has 0 aromatic heterocycles. The van der Waals surface area contributed by atoms with E-state index in [-0.39, 0.29) is 11.6 Å². The average Bonchev–Trinajstić information content (AvgIpc) is 2.52. The highest BCUT2D eigenvalue weighted by Gasteiger charge is 2.22. The Morgan fingerprint density at radius 1 is 1.11 bits per heavy atom. The summed E-state index contributed by atoms with van der Waals surface area (Å²) in [6, 6.07) is 0.571. The minimum Gasteiger partial charge on any atom is -0.371 e. The Hall–Kier alpha value is -1.72. The summed E-state index contributed by atoms with van der Waals surface area (Å²) < 4.78 is 39.2. The molecule has 6 heteroatoms. The van der Waals surface area contributed by atoms with Gasteiger partial charge in [-0.15, -0.1) is 0 Å². The zero-order valence-corrected chi connectivity index (χ0v) is 9.60. The molecule has 1 heterocycles. The van der Waals surface area contributed by atoms with Gasteiger partial charge in [-0.2, -0.15) is 0 Å². The summed E-state index contributed by atoms with van der Waals surface area (Å²) in [6.45, 7) is 0.581. The van der Waals surface area contributed by atoms with E-state index in [2.05, 4.69) is 10.6 Å². The Labute approximate surface area is 102 Å². The van der Waals surface area contributed by atoms with Crippen molar-refractivity contribution in [2.24, 2.45) is 0 Å². The maximum Gasteiger partial charge on any atom is 0.242 e. The molecular formula is C12H13F3N2O. The maximum absolute atomic E-state index is 13.4. The Morgan fingerprint density at radius 2 is 1.83 bits per heavy atom. The summed E-state index contributed by atoms with van der Waals surface area (Å²) in [6.07, 6.45) is 2.19. The topological polar surface area (TPSA) is 41.1 Å². The molecular weight excluding hydrogens is 245 g/mol. The second kappa shape index (κ2) is 5.29. The first-order chi connectivity index (χ1) is 8.58. The van der Waals surface area contributed by atoms with Gasteiger partial charge in [0, 0.05) is 18.7 Å². The van der Waals surface area contributed by atoms with Gasteiger partial charge in [0.2, 0.25) is 5.91 Å². The first-order valence-corrected chi connectivity index (χ1v) is 5.76. The Bertz CT molecular complexity index is 465. The van der Waals surface area contributed by atoms with Crippen molar-refractivity contribution in [2.75, 3.05) is 11.9 Å². The zero-order chi connectivity index (χ0) is 13.1. The number of hydrogen-bond donors (Lipinski definition) is 2. The van der Waals surface area contributed by atoms with Gasteiger partial charge in [-0.05, 0) is 19.3 Å². The van der Waals surface area contributed by atoms with Gasteiger partial charge < -0.3 is 10.6 Å². The molecule has 3 nitrogen and oxygen atoms in total. The minimum atomic E-state index is -1.25. The fourth-order valence-corrected chi connectivity index (χ4v) is 1.90. The van der Waals surface area contributed by atoms with Gasteiger partial charge in [0.05, 0.1) is 5.69 Å². The van der Waals surface area contributed by atoms with Crippen molar-refractivity contribution in [3.63, 3.8) is 0 Å². The van der Waals surface area contributed by atoms with Gasteiger partial charge in [0.25, 0.3) is 0 Å². The third-order valence-electron chi connectivity index (χ3n) is 2.87. The molecule has 1 saturated heterocycles. The number of carbonyl (C=O) groups is 1. The summed E-state index contributed by atoms with van der Waals surface area (Å²) in [7, 11) is 0. The van der Waals surface area contributed by atoms with Crippen LogP contribution >= 0.6 is 0 Å². The van der Waals surface area contributed by atoms with E-state index < -0.39 is 23.5 Å². The van der Waals surface area contributed by atoms with Crippen LogP contribution in [0, 0.1) is 17.5 Å². The molecule has 98 valence electrons. The van der Waals surface area contributed by atoms with Crippen molar-refractivity contribution in [1.82, 2.24) is 5.32 Å². The molecule has 0 aliphatic carbocycles. The van der Waals surface area contributed by atoms with Crippen LogP contribution in [-0.4, -0.2) is 18.5 Å². The van der Waals surface area contributed by atoms with Gasteiger partial charge in [-0.25, -0.2) is 13.2 Å². The Balaban J connectivity index is 2.17. The van der Waals surface area contributed by atoms with Crippen molar-refractivity contribution >= 4 is 11.6 Å². The number of halogens is 3. The number of hydrogen-bond acceptors (Lipinski definition) is 2. The van der Waals surface area contributed by atoms with E-state index in [1.165, 1.54) is 0 Å². The molecule has 1 aromatic carbocycles. The van der Waals surface area contributed by atoms with Crippen molar-refractivity contribution in [3.8, 4) is 0 Å². The monoisotopic (exact) mass is 258 g/mol.